The Bertz CT molecular complexity index is 951. The van der Waals surface area contributed by atoms with Crippen LogP contribution in [0.25, 0.3) is 10.9 Å². The van der Waals surface area contributed by atoms with E-state index in [9.17, 15) is 4.79 Å². The largest absolute Gasteiger partial charge is 0.288 e. The molecule has 4 heteroatoms. The monoisotopic (exact) mass is 307 g/mol. The molecule has 0 aliphatic heterocycles. The molecule has 0 amide bonds. The van der Waals surface area contributed by atoms with Gasteiger partial charge in [0.2, 0.25) is 0 Å². The first kappa shape index (κ1) is 15.4. The standard InChI is InChI=1S/C19H21N3O/c1-10-7-8-15(19(23)16-9-20-22(6)14(16)5)17-12(3)11(2)13(4)21-18(10)17/h7-9H,1-6H3. The van der Waals surface area contributed by atoms with Crippen molar-refractivity contribution in [2.24, 2.45) is 7.05 Å². The Hall–Kier alpha value is -2.49. The minimum Gasteiger partial charge on any atom is -0.288 e. The summed E-state index contributed by atoms with van der Waals surface area (Å²) in [5.41, 5.74) is 7.51. The third kappa shape index (κ3) is 2.25. The Balaban J connectivity index is 2.35. The van der Waals surface area contributed by atoms with Crippen LogP contribution in [0.5, 0.6) is 0 Å². The van der Waals surface area contributed by atoms with E-state index in [0.717, 1.165) is 39.0 Å². The number of aryl methyl sites for hydroxylation is 4. The third-order valence-electron chi connectivity index (χ3n) is 4.86. The minimum atomic E-state index is 0.00810. The van der Waals surface area contributed by atoms with Crippen LogP contribution in [0.1, 0.15) is 44.0 Å². The highest BCUT2D eigenvalue weighted by molar-refractivity contribution is 6.17. The second-order valence-corrected chi connectivity index (χ2v) is 6.20. The van der Waals surface area contributed by atoms with Crippen molar-refractivity contribution in [1.82, 2.24) is 14.8 Å². The number of carbonyl (C=O) groups excluding carboxylic acids is 1. The maximum absolute atomic E-state index is 13.1. The van der Waals surface area contributed by atoms with Gasteiger partial charge in [-0.15, -0.1) is 0 Å². The molecule has 0 saturated carbocycles. The van der Waals surface area contributed by atoms with Gasteiger partial charge < -0.3 is 0 Å². The number of rotatable bonds is 2. The van der Waals surface area contributed by atoms with Gasteiger partial charge in [0.05, 0.1) is 17.3 Å². The van der Waals surface area contributed by atoms with E-state index in [1.54, 1.807) is 10.9 Å². The van der Waals surface area contributed by atoms with Crippen LogP contribution in [0.3, 0.4) is 0 Å². The van der Waals surface area contributed by atoms with Gasteiger partial charge in [0.1, 0.15) is 0 Å². The van der Waals surface area contributed by atoms with Crippen molar-refractivity contribution in [1.29, 1.82) is 0 Å². The number of fused-ring (bicyclic) bond motifs is 1. The summed E-state index contributed by atoms with van der Waals surface area (Å²) in [7, 11) is 1.85. The van der Waals surface area contributed by atoms with Crippen molar-refractivity contribution >= 4 is 16.7 Å². The molecule has 4 nitrogen and oxygen atoms in total. The lowest BCUT2D eigenvalue weighted by Gasteiger charge is -2.14. The predicted molar refractivity (Wildman–Crippen MR) is 92.1 cm³/mol. The van der Waals surface area contributed by atoms with E-state index in [2.05, 4.69) is 18.9 Å². The molecule has 0 aliphatic carbocycles. The summed E-state index contributed by atoms with van der Waals surface area (Å²) in [6.07, 6.45) is 1.65. The SMILES string of the molecule is Cc1nc2c(C)ccc(C(=O)c3cnn(C)c3C)c2c(C)c1C. The fraction of sp³-hybridized carbons (Fsp3) is 0.316. The Labute approximate surface area is 136 Å². The molecule has 0 bridgehead atoms. The number of hydrogen-bond donors (Lipinski definition) is 0. The summed E-state index contributed by atoms with van der Waals surface area (Å²) in [5, 5.41) is 5.15. The van der Waals surface area contributed by atoms with E-state index < -0.39 is 0 Å². The van der Waals surface area contributed by atoms with Crippen LogP contribution in [-0.4, -0.2) is 20.5 Å². The van der Waals surface area contributed by atoms with Crippen molar-refractivity contribution in [3.63, 3.8) is 0 Å². The second-order valence-electron chi connectivity index (χ2n) is 6.20. The average Bonchev–Trinajstić information content (AvgIpc) is 2.85. The number of nitrogens with zero attached hydrogens (tertiary/aromatic N) is 3. The van der Waals surface area contributed by atoms with Gasteiger partial charge in [-0.1, -0.05) is 12.1 Å². The molecule has 0 unspecified atom stereocenters. The molecule has 0 atom stereocenters. The average molecular weight is 307 g/mol. The van der Waals surface area contributed by atoms with Crippen molar-refractivity contribution < 1.29 is 4.79 Å². The van der Waals surface area contributed by atoms with Crippen molar-refractivity contribution in [2.75, 3.05) is 0 Å². The molecule has 0 saturated heterocycles. The van der Waals surface area contributed by atoms with Gasteiger partial charge in [-0.05, 0) is 51.3 Å². The zero-order chi connectivity index (χ0) is 16.9. The van der Waals surface area contributed by atoms with Crippen LogP contribution >= 0.6 is 0 Å². The number of aromatic nitrogens is 3. The fourth-order valence-electron chi connectivity index (χ4n) is 2.99. The number of hydrogen-bond acceptors (Lipinski definition) is 3. The molecule has 2 aromatic heterocycles. The summed E-state index contributed by atoms with van der Waals surface area (Å²) < 4.78 is 1.73. The Morgan fingerprint density at radius 1 is 1.00 bits per heavy atom. The zero-order valence-corrected chi connectivity index (χ0v) is 14.5. The van der Waals surface area contributed by atoms with Crippen LogP contribution in [0, 0.1) is 34.6 Å². The first-order chi connectivity index (χ1) is 10.8. The van der Waals surface area contributed by atoms with Crippen LogP contribution in [0.4, 0.5) is 0 Å². The molecule has 0 spiro atoms. The first-order valence-electron chi connectivity index (χ1n) is 7.73. The Morgan fingerprint density at radius 2 is 1.70 bits per heavy atom. The van der Waals surface area contributed by atoms with E-state index in [1.165, 1.54) is 0 Å². The molecule has 0 N–H and O–H groups in total. The summed E-state index contributed by atoms with van der Waals surface area (Å²) >= 11 is 0. The number of carbonyl (C=O) groups is 1. The number of ketones is 1. The van der Waals surface area contributed by atoms with Gasteiger partial charge >= 0.3 is 0 Å². The maximum atomic E-state index is 13.1. The lowest BCUT2D eigenvalue weighted by atomic mass is 9.92. The van der Waals surface area contributed by atoms with Crippen molar-refractivity contribution in [3.8, 4) is 0 Å². The van der Waals surface area contributed by atoms with E-state index >= 15 is 0 Å². The second kappa shape index (κ2) is 5.30. The highest BCUT2D eigenvalue weighted by atomic mass is 16.1. The molecule has 118 valence electrons. The van der Waals surface area contributed by atoms with Gasteiger partial charge in [0.25, 0.3) is 0 Å². The topological polar surface area (TPSA) is 47.8 Å². The highest BCUT2D eigenvalue weighted by Crippen LogP contribution is 2.29. The number of benzene rings is 1. The maximum Gasteiger partial charge on any atom is 0.197 e. The molecular weight excluding hydrogens is 286 g/mol. The quantitative estimate of drug-likeness (QED) is 0.678. The molecule has 0 fully saturated rings. The van der Waals surface area contributed by atoms with Gasteiger partial charge in [-0.25, -0.2) is 0 Å². The van der Waals surface area contributed by atoms with E-state index in [4.69, 9.17) is 4.98 Å². The molecule has 3 rings (SSSR count). The van der Waals surface area contributed by atoms with E-state index in [-0.39, 0.29) is 5.78 Å². The third-order valence-corrected chi connectivity index (χ3v) is 4.86. The van der Waals surface area contributed by atoms with Gasteiger partial charge in [0.15, 0.2) is 5.78 Å². The molecule has 2 heterocycles. The van der Waals surface area contributed by atoms with Gasteiger partial charge in [0, 0.05) is 29.4 Å². The molecule has 3 aromatic rings. The summed E-state index contributed by atoms with van der Waals surface area (Å²) in [6.45, 7) is 10.1. The summed E-state index contributed by atoms with van der Waals surface area (Å²) in [5.74, 6) is 0.00810. The van der Waals surface area contributed by atoms with Crippen LogP contribution in [-0.2, 0) is 7.05 Å². The van der Waals surface area contributed by atoms with Crippen LogP contribution < -0.4 is 0 Å². The first-order valence-corrected chi connectivity index (χ1v) is 7.73. The Kier molecular flexibility index (Phi) is 3.55. The van der Waals surface area contributed by atoms with E-state index in [1.807, 2.05) is 40.0 Å². The molecular formula is C19H21N3O. The fourth-order valence-corrected chi connectivity index (χ4v) is 2.99. The Morgan fingerprint density at radius 3 is 2.30 bits per heavy atom. The van der Waals surface area contributed by atoms with Crippen molar-refractivity contribution in [3.05, 3.63) is 57.5 Å². The van der Waals surface area contributed by atoms with Crippen molar-refractivity contribution in [2.45, 2.75) is 34.6 Å². The molecule has 0 aliphatic rings. The highest BCUT2D eigenvalue weighted by Gasteiger charge is 2.20. The lowest BCUT2D eigenvalue weighted by molar-refractivity contribution is 0.103. The van der Waals surface area contributed by atoms with Crippen LogP contribution in [0.2, 0.25) is 0 Å². The van der Waals surface area contributed by atoms with Gasteiger partial charge in [-0.2, -0.15) is 5.10 Å². The molecule has 23 heavy (non-hydrogen) atoms. The smallest absolute Gasteiger partial charge is 0.197 e. The molecule has 1 aromatic carbocycles. The predicted octanol–water partition coefficient (Wildman–Crippen LogP) is 3.74. The summed E-state index contributed by atoms with van der Waals surface area (Å²) in [4.78, 5) is 17.8. The molecule has 0 radical (unpaired) electrons. The number of pyridine rings is 1. The lowest BCUT2D eigenvalue weighted by Crippen LogP contribution is -2.07. The normalized spacial score (nSPS) is 11.2. The summed E-state index contributed by atoms with van der Waals surface area (Å²) in [6, 6.07) is 3.89. The van der Waals surface area contributed by atoms with E-state index in [0.29, 0.717) is 11.1 Å². The van der Waals surface area contributed by atoms with Crippen LogP contribution in [0.15, 0.2) is 18.3 Å². The minimum absolute atomic E-state index is 0.00810. The zero-order valence-electron chi connectivity index (χ0n) is 14.5. The van der Waals surface area contributed by atoms with Gasteiger partial charge in [-0.3, -0.25) is 14.5 Å².